The zero-order chi connectivity index (χ0) is 13.2. The number of aromatic nitrogens is 3. The molecular formula is C12H21N5S. The van der Waals surface area contributed by atoms with Gasteiger partial charge in [-0.2, -0.15) is 5.10 Å². The van der Waals surface area contributed by atoms with Crippen molar-refractivity contribution in [2.24, 2.45) is 11.1 Å². The first-order valence-electron chi connectivity index (χ1n) is 6.44. The summed E-state index contributed by atoms with van der Waals surface area (Å²) in [6.07, 6.45) is 3.69. The van der Waals surface area contributed by atoms with E-state index in [1.807, 2.05) is 4.68 Å². The number of hydrogen-bond donors (Lipinski definition) is 1. The summed E-state index contributed by atoms with van der Waals surface area (Å²) in [7, 11) is 0. The van der Waals surface area contributed by atoms with Gasteiger partial charge in [0.15, 0.2) is 0 Å². The Bertz CT molecular complexity index is 420. The summed E-state index contributed by atoms with van der Waals surface area (Å²) in [4.78, 5) is 7.36. The quantitative estimate of drug-likeness (QED) is 0.830. The largest absolute Gasteiger partial charge is 0.393 e. The van der Waals surface area contributed by atoms with Crippen LogP contribution in [0.5, 0.6) is 0 Å². The molecule has 1 aromatic rings. The Balaban J connectivity index is 1.93. The maximum absolute atomic E-state index is 5.82. The number of rotatable bonds is 4. The molecule has 6 heteroatoms. The lowest BCUT2D eigenvalue weighted by Crippen LogP contribution is -2.44. The molecule has 2 N–H and O–H groups in total. The van der Waals surface area contributed by atoms with Gasteiger partial charge in [0.2, 0.25) is 0 Å². The molecule has 18 heavy (non-hydrogen) atoms. The summed E-state index contributed by atoms with van der Waals surface area (Å²) in [5.74, 6) is 1.04. The number of piperidine rings is 1. The number of hydrogen-bond acceptors (Lipinski definition) is 4. The van der Waals surface area contributed by atoms with Crippen LogP contribution < -0.4 is 5.73 Å². The van der Waals surface area contributed by atoms with E-state index in [4.69, 9.17) is 18.0 Å². The molecule has 0 atom stereocenters. The Morgan fingerprint density at radius 2 is 2.17 bits per heavy atom. The highest BCUT2D eigenvalue weighted by molar-refractivity contribution is 7.80. The Labute approximate surface area is 113 Å². The highest BCUT2D eigenvalue weighted by Gasteiger charge is 2.32. The van der Waals surface area contributed by atoms with E-state index < -0.39 is 0 Å². The Morgan fingerprint density at radius 3 is 2.72 bits per heavy atom. The number of aryl methyl sites for hydroxylation is 1. The van der Waals surface area contributed by atoms with Crippen molar-refractivity contribution in [3.8, 4) is 0 Å². The van der Waals surface area contributed by atoms with Crippen LogP contribution in [0.4, 0.5) is 0 Å². The minimum atomic E-state index is 0.0320. The van der Waals surface area contributed by atoms with E-state index in [1.54, 1.807) is 6.33 Å². The zero-order valence-corrected chi connectivity index (χ0v) is 11.9. The maximum Gasteiger partial charge on any atom is 0.140 e. The second-order valence-corrected chi connectivity index (χ2v) is 5.63. The normalized spacial score (nSPS) is 19.9. The molecule has 0 spiro atoms. The van der Waals surface area contributed by atoms with Gasteiger partial charge in [-0.25, -0.2) is 9.67 Å². The number of thiocarbonyl (C=S) groups is 1. The predicted octanol–water partition coefficient (Wildman–Crippen LogP) is 1.19. The second kappa shape index (κ2) is 5.32. The average molecular weight is 267 g/mol. The summed E-state index contributed by atoms with van der Waals surface area (Å²) in [5.41, 5.74) is 5.85. The molecule has 1 aliphatic heterocycles. The lowest BCUT2D eigenvalue weighted by Gasteiger charge is -2.38. The van der Waals surface area contributed by atoms with E-state index in [9.17, 15) is 0 Å². The van der Waals surface area contributed by atoms with E-state index in [-0.39, 0.29) is 5.41 Å². The first kappa shape index (κ1) is 13.4. The van der Waals surface area contributed by atoms with Gasteiger partial charge in [-0.15, -0.1) is 0 Å². The van der Waals surface area contributed by atoms with E-state index >= 15 is 0 Å². The third kappa shape index (κ3) is 2.70. The van der Waals surface area contributed by atoms with Gasteiger partial charge in [0, 0.05) is 12.0 Å². The Morgan fingerprint density at radius 1 is 1.50 bits per heavy atom. The summed E-state index contributed by atoms with van der Waals surface area (Å²) in [6, 6.07) is 0. The summed E-state index contributed by atoms with van der Waals surface area (Å²) < 4.78 is 1.95. The summed E-state index contributed by atoms with van der Waals surface area (Å²) in [5, 5.41) is 4.20. The fourth-order valence-corrected chi connectivity index (χ4v) is 2.53. The minimum Gasteiger partial charge on any atom is -0.393 e. The van der Waals surface area contributed by atoms with Crippen LogP contribution in [0.2, 0.25) is 0 Å². The maximum atomic E-state index is 5.82. The van der Waals surface area contributed by atoms with Crippen molar-refractivity contribution >= 4 is 17.2 Å². The van der Waals surface area contributed by atoms with Gasteiger partial charge in [0.05, 0.1) is 11.5 Å². The van der Waals surface area contributed by atoms with E-state index in [1.165, 1.54) is 0 Å². The van der Waals surface area contributed by atoms with Gasteiger partial charge in [-0.1, -0.05) is 19.1 Å². The molecule has 2 rings (SSSR count). The molecule has 1 saturated heterocycles. The van der Waals surface area contributed by atoms with Crippen LogP contribution in [0, 0.1) is 5.41 Å². The van der Waals surface area contributed by atoms with Crippen molar-refractivity contribution in [2.45, 2.75) is 39.8 Å². The first-order valence-corrected chi connectivity index (χ1v) is 6.85. The minimum absolute atomic E-state index is 0.0320. The van der Waals surface area contributed by atoms with Gasteiger partial charge >= 0.3 is 0 Å². The average Bonchev–Trinajstić information content (AvgIpc) is 2.79. The summed E-state index contributed by atoms with van der Waals surface area (Å²) >= 11 is 5.16. The van der Waals surface area contributed by atoms with Crippen molar-refractivity contribution in [1.29, 1.82) is 0 Å². The molecule has 0 aliphatic carbocycles. The molecule has 0 amide bonds. The molecule has 0 unspecified atom stereocenters. The lowest BCUT2D eigenvalue weighted by molar-refractivity contribution is 0.153. The molecule has 1 aliphatic rings. The van der Waals surface area contributed by atoms with Crippen LogP contribution in [0.15, 0.2) is 6.33 Å². The number of nitrogens with two attached hydrogens (primary N) is 1. The molecule has 1 aromatic heterocycles. The molecule has 1 fully saturated rings. The van der Waals surface area contributed by atoms with Crippen LogP contribution >= 0.6 is 12.2 Å². The van der Waals surface area contributed by atoms with E-state index in [0.29, 0.717) is 4.99 Å². The van der Waals surface area contributed by atoms with E-state index in [2.05, 4.69) is 28.8 Å². The molecule has 5 nitrogen and oxygen atoms in total. The number of likely N-dealkylation sites (tertiary alicyclic amines) is 1. The zero-order valence-electron chi connectivity index (χ0n) is 11.1. The third-order valence-electron chi connectivity index (χ3n) is 3.91. The monoisotopic (exact) mass is 267 g/mol. The predicted molar refractivity (Wildman–Crippen MR) is 75.1 cm³/mol. The fraction of sp³-hybridized carbons (Fsp3) is 0.750. The third-order valence-corrected chi connectivity index (χ3v) is 4.41. The second-order valence-electron chi connectivity index (χ2n) is 5.19. The van der Waals surface area contributed by atoms with Gasteiger partial charge in [-0.05, 0) is 32.9 Å². The molecule has 0 radical (unpaired) electrons. The van der Waals surface area contributed by atoms with Crippen molar-refractivity contribution < 1.29 is 0 Å². The van der Waals surface area contributed by atoms with Crippen molar-refractivity contribution in [3.63, 3.8) is 0 Å². The van der Waals surface area contributed by atoms with Gasteiger partial charge < -0.3 is 5.73 Å². The van der Waals surface area contributed by atoms with Gasteiger partial charge in [0.1, 0.15) is 12.2 Å². The smallest absolute Gasteiger partial charge is 0.140 e. The lowest BCUT2D eigenvalue weighted by atomic mass is 9.80. The Kier molecular flexibility index (Phi) is 3.97. The molecular weight excluding hydrogens is 246 g/mol. The fourth-order valence-electron chi connectivity index (χ4n) is 2.33. The highest BCUT2D eigenvalue weighted by atomic mass is 32.1. The van der Waals surface area contributed by atoms with Crippen LogP contribution in [0.25, 0.3) is 0 Å². The van der Waals surface area contributed by atoms with Crippen molar-refractivity contribution in [1.82, 2.24) is 19.7 Å². The van der Waals surface area contributed by atoms with Crippen molar-refractivity contribution in [2.75, 3.05) is 13.1 Å². The first-order chi connectivity index (χ1) is 8.55. The molecule has 0 aromatic carbocycles. The number of nitrogens with zero attached hydrogens (tertiary/aromatic N) is 4. The standard InChI is InChI=1S/C12H21N5S/c1-3-17-10(14-9-15-17)8-16-6-4-12(2,5-7-16)11(13)18/h9H,3-8H2,1-2H3,(H2,13,18). The highest BCUT2D eigenvalue weighted by Crippen LogP contribution is 2.31. The van der Waals surface area contributed by atoms with Crippen molar-refractivity contribution in [3.05, 3.63) is 12.2 Å². The molecule has 100 valence electrons. The molecule has 0 saturated carbocycles. The summed E-state index contributed by atoms with van der Waals surface area (Å²) in [6.45, 7) is 8.02. The van der Waals surface area contributed by atoms with Gasteiger partial charge in [-0.3, -0.25) is 4.90 Å². The van der Waals surface area contributed by atoms with Crippen LogP contribution in [0.3, 0.4) is 0 Å². The van der Waals surface area contributed by atoms with E-state index in [0.717, 1.165) is 44.8 Å². The van der Waals surface area contributed by atoms with Crippen LogP contribution in [-0.2, 0) is 13.1 Å². The Hall–Kier alpha value is -1.01. The molecule has 0 bridgehead atoms. The van der Waals surface area contributed by atoms with Gasteiger partial charge in [0.25, 0.3) is 0 Å². The SMILES string of the molecule is CCn1ncnc1CN1CCC(C)(C(N)=S)CC1. The van der Waals surface area contributed by atoms with Crippen LogP contribution in [0.1, 0.15) is 32.5 Å². The molecule has 2 heterocycles. The van der Waals surface area contributed by atoms with Crippen LogP contribution in [-0.4, -0.2) is 37.7 Å². The topological polar surface area (TPSA) is 60.0 Å².